The first-order valence-corrected chi connectivity index (χ1v) is 9.36. The molecule has 0 fully saturated rings. The predicted octanol–water partition coefficient (Wildman–Crippen LogP) is 3.17. The third kappa shape index (κ3) is 3.51. The Morgan fingerprint density at radius 1 is 1.13 bits per heavy atom. The third-order valence-electron chi connectivity index (χ3n) is 4.26. The SMILES string of the molecule is CN=c1scc(-c2cccc([N+](=O)[O-])c2)n1N=Cc1cc2c(cc1[N+](=O)[O-])OCO2. The lowest BCUT2D eigenvalue weighted by Crippen LogP contribution is -2.11. The number of aromatic nitrogens is 1. The van der Waals surface area contributed by atoms with Crippen molar-refractivity contribution in [2.45, 2.75) is 0 Å². The highest BCUT2D eigenvalue weighted by atomic mass is 32.1. The van der Waals surface area contributed by atoms with Crippen LogP contribution in [0.1, 0.15) is 5.56 Å². The Labute approximate surface area is 172 Å². The van der Waals surface area contributed by atoms with Gasteiger partial charge in [0.25, 0.3) is 11.4 Å². The largest absolute Gasteiger partial charge is 0.454 e. The van der Waals surface area contributed by atoms with Crippen molar-refractivity contribution in [3.8, 4) is 22.8 Å². The Balaban J connectivity index is 1.81. The van der Waals surface area contributed by atoms with Gasteiger partial charge < -0.3 is 9.47 Å². The average Bonchev–Trinajstić information content (AvgIpc) is 3.37. The topological polar surface area (TPSA) is 134 Å². The van der Waals surface area contributed by atoms with Crippen molar-refractivity contribution in [2.24, 2.45) is 10.1 Å². The molecule has 0 atom stereocenters. The molecular weight excluding hydrogens is 414 g/mol. The summed E-state index contributed by atoms with van der Waals surface area (Å²) in [6, 6.07) is 8.87. The molecule has 0 saturated heterocycles. The maximum absolute atomic E-state index is 11.5. The van der Waals surface area contributed by atoms with E-state index in [1.165, 1.54) is 46.5 Å². The first-order valence-electron chi connectivity index (χ1n) is 8.48. The van der Waals surface area contributed by atoms with Gasteiger partial charge in [-0.3, -0.25) is 25.2 Å². The molecule has 2 heterocycles. The van der Waals surface area contributed by atoms with Crippen molar-refractivity contribution in [1.82, 2.24) is 4.68 Å². The Bertz CT molecular complexity index is 1260. The van der Waals surface area contributed by atoms with Gasteiger partial charge in [-0.2, -0.15) is 5.10 Å². The normalized spacial score (nSPS) is 13.2. The second-order valence-electron chi connectivity index (χ2n) is 6.01. The van der Waals surface area contributed by atoms with Gasteiger partial charge in [0.2, 0.25) is 11.6 Å². The summed E-state index contributed by atoms with van der Waals surface area (Å²) in [6.07, 6.45) is 1.32. The van der Waals surface area contributed by atoms with Crippen molar-refractivity contribution in [1.29, 1.82) is 0 Å². The van der Waals surface area contributed by atoms with Gasteiger partial charge in [0.15, 0.2) is 11.5 Å². The predicted molar refractivity (Wildman–Crippen MR) is 108 cm³/mol. The Hall–Kier alpha value is -4.06. The highest BCUT2D eigenvalue weighted by Gasteiger charge is 2.22. The van der Waals surface area contributed by atoms with Crippen LogP contribution in [0, 0.1) is 20.2 Å². The van der Waals surface area contributed by atoms with Crippen LogP contribution in [0.2, 0.25) is 0 Å². The quantitative estimate of drug-likeness (QED) is 0.349. The number of fused-ring (bicyclic) bond motifs is 1. The highest BCUT2D eigenvalue weighted by Crippen LogP contribution is 2.37. The lowest BCUT2D eigenvalue weighted by molar-refractivity contribution is -0.385. The fourth-order valence-electron chi connectivity index (χ4n) is 2.87. The van der Waals surface area contributed by atoms with E-state index < -0.39 is 9.85 Å². The number of benzene rings is 2. The number of hydrogen-bond acceptors (Lipinski definition) is 9. The zero-order valence-electron chi connectivity index (χ0n) is 15.4. The maximum Gasteiger partial charge on any atom is 0.282 e. The number of nitro groups is 2. The smallest absolute Gasteiger partial charge is 0.282 e. The molecule has 30 heavy (non-hydrogen) atoms. The van der Waals surface area contributed by atoms with Crippen LogP contribution >= 0.6 is 11.3 Å². The number of hydrogen-bond donors (Lipinski definition) is 0. The molecule has 4 rings (SSSR count). The maximum atomic E-state index is 11.5. The molecule has 0 amide bonds. The van der Waals surface area contributed by atoms with Gasteiger partial charge in [0, 0.05) is 30.1 Å². The minimum absolute atomic E-state index is 0.0117. The fraction of sp³-hybridized carbons (Fsp3) is 0.111. The Morgan fingerprint density at radius 2 is 1.90 bits per heavy atom. The van der Waals surface area contributed by atoms with Gasteiger partial charge in [-0.1, -0.05) is 12.1 Å². The highest BCUT2D eigenvalue weighted by molar-refractivity contribution is 7.07. The van der Waals surface area contributed by atoms with Gasteiger partial charge in [-0.05, 0) is 6.07 Å². The summed E-state index contributed by atoms with van der Waals surface area (Å²) >= 11 is 1.29. The second kappa shape index (κ2) is 7.75. The summed E-state index contributed by atoms with van der Waals surface area (Å²) < 4.78 is 12.0. The molecule has 12 heteroatoms. The van der Waals surface area contributed by atoms with E-state index in [-0.39, 0.29) is 23.7 Å². The second-order valence-corrected chi connectivity index (χ2v) is 6.85. The molecular formula is C18H13N5O6S. The van der Waals surface area contributed by atoms with Crippen LogP contribution in [0.5, 0.6) is 11.5 Å². The number of nitrogens with zero attached hydrogens (tertiary/aromatic N) is 5. The van der Waals surface area contributed by atoms with Gasteiger partial charge in [0.05, 0.1) is 33.4 Å². The van der Waals surface area contributed by atoms with Crippen molar-refractivity contribution in [2.75, 3.05) is 13.8 Å². The molecule has 0 N–H and O–H groups in total. The zero-order valence-corrected chi connectivity index (χ0v) is 16.2. The Morgan fingerprint density at radius 3 is 2.60 bits per heavy atom. The molecule has 11 nitrogen and oxygen atoms in total. The molecule has 0 unspecified atom stereocenters. The van der Waals surface area contributed by atoms with E-state index >= 15 is 0 Å². The van der Waals surface area contributed by atoms with E-state index in [1.54, 1.807) is 24.6 Å². The van der Waals surface area contributed by atoms with Crippen molar-refractivity contribution < 1.29 is 19.3 Å². The van der Waals surface area contributed by atoms with Gasteiger partial charge in [-0.15, -0.1) is 11.3 Å². The summed E-state index contributed by atoms with van der Waals surface area (Å²) in [7, 11) is 1.58. The summed E-state index contributed by atoms with van der Waals surface area (Å²) in [4.78, 5) is 26.2. The molecule has 152 valence electrons. The number of non-ortho nitro benzene ring substituents is 1. The lowest BCUT2D eigenvalue weighted by Gasteiger charge is -2.04. The van der Waals surface area contributed by atoms with E-state index in [0.29, 0.717) is 27.6 Å². The average molecular weight is 427 g/mol. The molecule has 1 aliphatic rings. The molecule has 0 bridgehead atoms. The summed E-state index contributed by atoms with van der Waals surface area (Å²) in [5.74, 6) is 0.681. The summed E-state index contributed by atoms with van der Waals surface area (Å²) in [6.45, 7) is -0.0117. The fourth-order valence-corrected chi connectivity index (χ4v) is 3.67. The van der Waals surface area contributed by atoms with Crippen LogP contribution in [0.3, 0.4) is 0 Å². The molecule has 0 spiro atoms. The first-order chi connectivity index (χ1) is 14.5. The summed E-state index contributed by atoms with van der Waals surface area (Å²) in [5.41, 5.74) is 1.09. The van der Waals surface area contributed by atoms with Gasteiger partial charge in [-0.25, -0.2) is 4.68 Å². The van der Waals surface area contributed by atoms with Crippen LogP contribution < -0.4 is 14.3 Å². The van der Waals surface area contributed by atoms with Crippen LogP contribution in [0.25, 0.3) is 11.3 Å². The van der Waals surface area contributed by atoms with E-state index in [1.807, 2.05) is 0 Å². The van der Waals surface area contributed by atoms with E-state index in [9.17, 15) is 20.2 Å². The van der Waals surface area contributed by atoms with Crippen LogP contribution in [0.4, 0.5) is 11.4 Å². The molecule has 1 aromatic heterocycles. The third-order valence-corrected chi connectivity index (χ3v) is 5.17. The minimum atomic E-state index is -0.534. The first kappa shape index (κ1) is 19.3. The van der Waals surface area contributed by atoms with E-state index in [0.717, 1.165) is 0 Å². The molecule has 2 aromatic carbocycles. The van der Waals surface area contributed by atoms with Crippen LogP contribution in [-0.2, 0) is 0 Å². The molecule has 0 radical (unpaired) electrons. The van der Waals surface area contributed by atoms with Crippen molar-refractivity contribution in [3.63, 3.8) is 0 Å². The van der Waals surface area contributed by atoms with E-state index in [4.69, 9.17) is 9.47 Å². The van der Waals surface area contributed by atoms with E-state index in [2.05, 4.69) is 10.1 Å². The number of thiazole rings is 1. The standard InChI is InChI=1S/C18H13N5O6S/c1-19-18-21(15(9-30-18)11-3-2-4-13(5-11)22(24)25)20-8-12-6-16-17(29-10-28-16)7-14(12)23(26)27/h2-9H,10H2,1H3. The number of ether oxygens (including phenoxy) is 2. The number of nitro benzene ring substituents is 2. The molecule has 3 aromatic rings. The van der Waals surface area contributed by atoms with Gasteiger partial charge >= 0.3 is 0 Å². The molecule has 0 saturated carbocycles. The summed E-state index contributed by atoms with van der Waals surface area (Å²) in [5, 5.41) is 28.7. The van der Waals surface area contributed by atoms with Crippen LogP contribution in [0.15, 0.2) is 51.9 Å². The van der Waals surface area contributed by atoms with Gasteiger partial charge in [0.1, 0.15) is 0 Å². The van der Waals surface area contributed by atoms with Crippen LogP contribution in [-0.4, -0.2) is 34.6 Å². The van der Waals surface area contributed by atoms with Crippen molar-refractivity contribution >= 4 is 28.9 Å². The molecule has 0 aliphatic carbocycles. The number of rotatable bonds is 5. The Kier molecular flexibility index (Phi) is 4.98. The van der Waals surface area contributed by atoms with Crippen molar-refractivity contribution in [3.05, 3.63) is 72.4 Å². The monoisotopic (exact) mass is 427 g/mol. The molecule has 1 aliphatic heterocycles. The minimum Gasteiger partial charge on any atom is -0.454 e. The lowest BCUT2D eigenvalue weighted by atomic mass is 10.1. The zero-order chi connectivity index (χ0) is 21.3.